The Labute approximate surface area is 206 Å². The second-order valence-electron chi connectivity index (χ2n) is 10.6. The van der Waals surface area contributed by atoms with Crippen LogP contribution in [0.25, 0.3) is 10.9 Å². The highest BCUT2D eigenvalue weighted by molar-refractivity contribution is 5.83. The number of para-hydroxylation sites is 1. The molecule has 2 fully saturated rings. The number of nitrogens with one attached hydrogen (secondary N) is 1. The molecule has 1 aromatic heterocycles. The predicted molar refractivity (Wildman–Crippen MR) is 134 cm³/mol. The van der Waals surface area contributed by atoms with E-state index in [-0.39, 0.29) is 23.3 Å². The van der Waals surface area contributed by atoms with Gasteiger partial charge in [-0.25, -0.2) is 9.78 Å². The van der Waals surface area contributed by atoms with Gasteiger partial charge in [-0.05, 0) is 71.6 Å². The molecule has 1 amide bonds. The van der Waals surface area contributed by atoms with Crippen LogP contribution < -0.4 is 10.3 Å². The van der Waals surface area contributed by atoms with Crippen molar-refractivity contribution >= 4 is 17.0 Å². The minimum absolute atomic E-state index is 0.101. The molecule has 3 heterocycles. The molecule has 4 rings (SSSR count). The zero-order chi connectivity index (χ0) is 25.2. The number of H-pyrrole nitrogens is 1. The molecule has 1 unspecified atom stereocenters. The molecule has 1 atom stereocenters. The average Bonchev–Trinajstić information content (AvgIpc) is 3.20. The van der Waals surface area contributed by atoms with Gasteiger partial charge in [0, 0.05) is 32.3 Å². The standard InChI is InChI=1S/C26H38N4O5/c1-25(2,3)35-24(32)29-16-12-26(13-17-29)11-7-14-30(26)15-10-20(34-5)22-27-21-18(23(31)28-22)8-6-9-19(21)33-4/h6,8-9,20H,7,10-17H2,1-5H3,(H,27,28,31). The van der Waals surface area contributed by atoms with Crippen molar-refractivity contribution in [2.24, 2.45) is 0 Å². The van der Waals surface area contributed by atoms with Gasteiger partial charge in [0.25, 0.3) is 5.56 Å². The Kier molecular flexibility index (Phi) is 7.38. The molecular formula is C26H38N4O5. The molecule has 9 nitrogen and oxygen atoms in total. The first-order valence-corrected chi connectivity index (χ1v) is 12.5. The van der Waals surface area contributed by atoms with Crippen molar-refractivity contribution in [2.75, 3.05) is 40.4 Å². The lowest BCUT2D eigenvalue weighted by Crippen LogP contribution is -2.54. The summed E-state index contributed by atoms with van der Waals surface area (Å²) >= 11 is 0. The second-order valence-corrected chi connectivity index (χ2v) is 10.6. The van der Waals surface area contributed by atoms with E-state index in [0.29, 0.717) is 42.0 Å². The number of benzene rings is 1. The number of amides is 1. The number of hydrogen-bond donors (Lipinski definition) is 1. The van der Waals surface area contributed by atoms with E-state index in [2.05, 4.69) is 9.88 Å². The van der Waals surface area contributed by atoms with E-state index in [9.17, 15) is 9.59 Å². The molecule has 1 spiro atoms. The number of fused-ring (bicyclic) bond motifs is 1. The highest BCUT2D eigenvalue weighted by atomic mass is 16.6. The summed E-state index contributed by atoms with van der Waals surface area (Å²) in [4.78, 5) is 37.2. The van der Waals surface area contributed by atoms with Crippen LogP contribution >= 0.6 is 0 Å². The van der Waals surface area contributed by atoms with Gasteiger partial charge in [-0.1, -0.05) is 6.07 Å². The van der Waals surface area contributed by atoms with Gasteiger partial charge in [-0.15, -0.1) is 0 Å². The van der Waals surface area contributed by atoms with Crippen molar-refractivity contribution in [3.05, 3.63) is 34.4 Å². The van der Waals surface area contributed by atoms with Crippen LogP contribution in [0.4, 0.5) is 4.79 Å². The first-order valence-electron chi connectivity index (χ1n) is 12.5. The Balaban J connectivity index is 1.43. The molecule has 9 heteroatoms. The Hall–Kier alpha value is -2.65. The molecule has 1 N–H and O–H groups in total. The molecule has 2 aliphatic rings. The van der Waals surface area contributed by atoms with Crippen molar-refractivity contribution in [1.29, 1.82) is 0 Å². The van der Waals surface area contributed by atoms with E-state index in [1.54, 1.807) is 32.4 Å². The van der Waals surface area contributed by atoms with Crippen molar-refractivity contribution in [3.8, 4) is 5.75 Å². The number of hydrogen-bond acceptors (Lipinski definition) is 7. The van der Waals surface area contributed by atoms with Gasteiger partial charge in [0.2, 0.25) is 0 Å². The Morgan fingerprint density at radius 1 is 1.17 bits per heavy atom. The third-order valence-corrected chi connectivity index (χ3v) is 7.27. The number of ether oxygens (including phenoxy) is 3. The summed E-state index contributed by atoms with van der Waals surface area (Å²) in [5, 5.41) is 0.498. The number of nitrogens with zero attached hydrogens (tertiary/aromatic N) is 3. The molecule has 0 radical (unpaired) electrons. The maximum absolute atomic E-state index is 12.7. The lowest BCUT2D eigenvalue weighted by atomic mass is 9.85. The van der Waals surface area contributed by atoms with Gasteiger partial charge < -0.3 is 24.1 Å². The lowest BCUT2D eigenvalue weighted by Gasteiger charge is -2.45. The lowest BCUT2D eigenvalue weighted by molar-refractivity contribution is -0.000855. The number of methoxy groups -OCH3 is 2. The summed E-state index contributed by atoms with van der Waals surface area (Å²) < 4.78 is 16.8. The SMILES string of the molecule is COc1cccc2c(=O)[nH]c(C(CCN3CCCC34CCN(C(=O)OC(C)(C)C)CC4)OC)nc12. The number of piperidine rings is 1. The second kappa shape index (κ2) is 10.1. The van der Waals surface area contributed by atoms with E-state index >= 15 is 0 Å². The number of aromatic nitrogens is 2. The van der Waals surface area contributed by atoms with E-state index in [0.717, 1.165) is 38.8 Å². The third-order valence-electron chi connectivity index (χ3n) is 7.27. The van der Waals surface area contributed by atoms with E-state index < -0.39 is 5.60 Å². The van der Waals surface area contributed by atoms with E-state index in [1.807, 2.05) is 25.7 Å². The van der Waals surface area contributed by atoms with Crippen molar-refractivity contribution in [3.63, 3.8) is 0 Å². The van der Waals surface area contributed by atoms with Crippen LogP contribution in [0.15, 0.2) is 23.0 Å². The summed E-state index contributed by atoms with van der Waals surface area (Å²) in [6, 6.07) is 5.33. The summed E-state index contributed by atoms with van der Waals surface area (Å²) in [6.45, 7) is 8.97. The minimum Gasteiger partial charge on any atom is -0.494 e. The summed E-state index contributed by atoms with van der Waals surface area (Å²) in [6.07, 6.45) is 4.30. The molecule has 192 valence electrons. The fourth-order valence-electron chi connectivity index (χ4n) is 5.45. The third kappa shape index (κ3) is 5.46. The Bertz CT molecular complexity index is 1100. The number of rotatable bonds is 6. The largest absolute Gasteiger partial charge is 0.494 e. The van der Waals surface area contributed by atoms with Gasteiger partial charge in [0.1, 0.15) is 28.8 Å². The molecule has 0 aliphatic carbocycles. The quantitative estimate of drug-likeness (QED) is 0.662. The molecule has 2 aromatic rings. The van der Waals surface area contributed by atoms with Crippen LogP contribution in [0.1, 0.15) is 64.8 Å². The van der Waals surface area contributed by atoms with Gasteiger partial charge in [0.05, 0.1) is 12.5 Å². The van der Waals surface area contributed by atoms with Crippen molar-refractivity contribution in [2.45, 2.75) is 70.1 Å². The van der Waals surface area contributed by atoms with Crippen LogP contribution in [0, 0.1) is 0 Å². The zero-order valence-electron chi connectivity index (χ0n) is 21.6. The fourth-order valence-corrected chi connectivity index (χ4v) is 5.45. The van der Waals surface area contributed by atoms with Gasteiger partial charge >= 0.3 is 6.09 Å². The first kappa shape index (κ1) is 25.4. The van der Waals surface area contributed by atoms with Gasteiger partial charge in [-0.2, -0.15) is 0 Å². The van der Waals surface area contributed by atoms with Crippen molar-refractivity contribution < 1.29 is 19.0 Å². The minimum atomic E-state index is -0.484. The normalized spacial score (nSPS) is 19.3. The first-order chi connectivity index (χ1) is 16.7. The number of carbonyl (C=O) groups is 1. The Morgan fingerprint density at radius 3 is 2.57 bits per heavy atom. The van der Waals surface area contributed by atoms with Crippen LogP contribution in [0.3, 0.4) is 0 Å². The van der Waals surface area contributed by atoms with Crippen LogP contribution in [0.2, 0.25) is 0 Å². The monoisotopic (exact) mass is 486 g/mol. The fraction of sp³-hybridized carbons (Fsp3) is 0.654. The van der Waals surface area contributed by atoms with Crippen molar-refractivity contribution in [1.82, 2.24) is 19.8 Å². The summed E-state index contributed by atoms with van der Waals surface area (Å²) in [5.41, 5.74) is -0.0339. The number of likely N-dealkylation sites (tertiary alicyclic amines) is 2. The van der Waals surface area contributed by atoms with E-state index in [1.165, 1.54) is 0 Å². The highest BCUT2D eigenvalue weighted by Crippen LogP contribution is 2.39. The van der Waals surface area contributed by atoms with Crippen LogP contribution in [-0.4, -0.2) is 77.4 Å². The molecule has 2 aliphatic heterocycles. The molecule has 35 heavy (non-hydrogen) atoms. The van der Waals surface area contributed by atoms with E-state index in [4.69, 9.17) is 19.2 Å². The number of carbonyl (C=O) groups excluding carboxylic acids is 1. The number of aromatic amines is 1. The smallest absolute Gasteiger partial charge is 0.410 e. The summed E-state index contributed by atoms with van der Waals surface area (Å²) in [5.74, 6) is 1.09. The zero-order valence-corrected chi connectivity index (χ0v) is 21.6. The molecular weight excluding hydrogens is 448 g/mol. The highest BCUT2D eigenvalue weighted by Gasteiger charge is 2.44. The molecule has 1 aromatic carbocycles. The maximum atomic E-state index is 12.7. The molecule has 0 saturated carbocycles. The molecule has 0 bridgehead atoms. The predicted octanol–water partition coefficient (Wildman–Crippen LogP) is 3.87. The summed E-state index contributed by atoms with van der Waals surface area (Å²) in [7, 11) is 3.22. The van der Waals surface area contributed by atoms with Crippen LogP contribution in [-0.2, 0) is 9.47 Å². The van der Waals surface area contributed by atoms with Crippen LogP contribution in [0.5, 0.6) is 5.75 Å². The topological polar surface area (TPSA) is 97.0 Å². The maximum Gasteiger partial charge on any atom is 0.410 e. The average molecular weight is 487 g/mol. The van der Waals surface area contributed by atoms with Gasteiger partial charge in [-0.3, -0.25) is 9.69 Å². The van der Waals surface area contributed by atoms with Gasteiger partial charge in [0.15, 0.2) is 0 Å². The molecule has 2 saturated heterocycles. The Morgan fingerprint density at radius 2 is 1.91 bits per heavy atom.